The van der Waals surface area contributed by atoms with Crippen molar-refractivity contribution in [2.24, 2.45) is 5.73 Å². The Hall–Kier alpha value is -0.120. The zero-order valence-corrected chi connectivity index (χ0v) is 10.5. The summed E-state index contributed by atoms with van der Waals surface area (Å²) >= 11 is 0. The summed E-state index contributed by atoms with van der Waals surface area (Å²) in [7, 11) is 0. The van der Waals surface area contributed by atoms with Gasteiger partial charge >= 0.3 is 0 Å². The van der Waals surface area contributed by atoms with Crippen molar-refractivity contribution in [1.82, 2.24) is 9.80 Å². The van der Waals surface area contributed by atoms with E-state index in [1.807, 2.05) is 0 Å². The number of nitrogens with two attached hydrogens (primary N) is 1. The van der Waals surface area contributed by atoms with Crippen molar-refractivity contribution in [2.45, 2.75) is 44.6 Å². The van der Waals surface area contributed by atoms with Gasteiger partial charge < -0.3 is 15.5 Å². The molecule has 0 unspecified atom stereocenters. The number of nitrogens with zero attached hydrogens (tertiary/aromatic N) is 2. The molecule has 2 fully saturated rings. The molecule has 1 aliphatic heterocycles. The van der Waals surface area contributed by atoms with Crippen molar-refractivity contribution < 1.29 is 0 Å². The molecule has 2 rings (SSSR count). The molecule has 94 valence electrons. The van der Waals surface area contributed by atoms with Gasteiger partial charge in [0, 0.05) is 6.04 Å². The minimum Gasteiger partial charge on any atom is -0.330 e. The minimum atomic E-state index is 0.843. The fourth-order valence-electron chi connectivity index (χ4n) is 2.71. The first-order chi connectivity index (χ1) is 7.90. The molecule has 0 amide bonds. The maximum atomic E-state index is 5.59. The van der Waals surface area contributed by atoms with Gasteiger partial charge in [0.2, 0.25) is 0 Å². The maximum absolute atomic E-state index is 5.59. The van der Waals surface area contributed by atoms with Gasteiger partial charge in [-0.05, 0) is 77.8 Å². The van der Waals surface area contributed by atoms with Crippen LogP contribution in [0.2, 0.25) is 0 Å². The fraction of sp³-hybridized carbons (Fsp3) is 1.00. The van der Waals surface area contributed by atoms with Crippen LogP contribution in [-0.2, 0) is 0 Å². The molecule has 1 heterocycles. The van der Waals surface area contributed by atoms with Crippen LogP contribution in [0, 0.1) is 0 Å². The molecule has 3 nitrogen and oxygen atoms in total. The van der Waals surface area contributed by atoms with Gasteiger partial charge in [-0.15, -0.1) is 0 Å². The Kier molecular flexibility index (Phi) is 5.07. The Balaban J connectivity index is 1.57. The Morgan fingerprint density at radius 1 is 1.06 bits per heavy atom. The quantitative estimate of drug-likeness (QED) is 0.675. The second-order valence-corrected chi connectivity index (χ2v) is 5.31. The van der Waals surface area contributed by atoms with Crippen LogP contribution in [-0.4, -0.2) is 55.1 Å². The lowest BCUT2D eigenvalue weighted by Crippen LogP contribution is -2.32. The molecule has 1 saturated carbocycles. The lowest BCUT2D eigenvalue weighted by atomic mass is 10.3. The summed E-state index contributed by atoms with van der Waals surface area (Å²) in [6.07, 6.45) is 8.20. The molecule has 0 bridgehead atoms. The monoisotopic (exact) mass is 225 g/mol. The molecule has 0 aromatic heterocycles. The Bertz CT molecular complexity index is 186. The van der Waals surface area contributed by atoms with E-state index in [4.69, 9.17) is 5.73 Å². The second kappa shape index (κ2) is 6.58. The number of rotatable bonds is 8. The minimum absolute atomic E-state index is 0.843. The van der Waals surface area contributed by atoms with E-state index in [1.165, 1.54) is 71.2 Å². The molecule has 0 atom stereocenters. The molecule has 16 heavy (non-hydrogen) atoms. The van der Waals surface area contributed by atoms with E-state index in [-0.39, 0.29) is 0 Å². The topological polar surface area (TPSA) is 32.5 Å². The van der Waals surface area contributed by atoms with E-state index in [9.17, 15) is 0 Å². The summed E-state index contributed by atoms with van der Waals surface area (Å²) in [6, 6.07) is 0.908. The summed E-state index contributed by atoms with van der Waals surface area (Å²) in [5.74, 6) is 0. The van der Waals surface area contributed by atoms with Gasteiger partial charge in [0.1, 0.15) is 0 Å². The van der Waals surface area contributed by atoms with Crippen LogP contribution in [0.5, 0.6) is 0 Å². The lowest BCUT2D eigenvalue weighted by Gasteiger charge is -2.23. The van der Waals surface area contributed by atoms with Crippen molar-refractivity contribution >= 4 is 0 Å². The standard InChI is InChI=1S/C13H27N3/c14-7-3-11-16(13-5-6-13)12-4-10-15-8-1-2-9-15/h13H,1-12,14H2. The molecule has 0 aromatic rings. The number of hydrogen-bond donors (Lipinski definition) is 1. The van der Waals surface area contributed by atoms with Crippen LogP contribution < -0.4 is 5.73 Å². The SMILES string of the molecule is NCCCN(CCCN1CCCC1)C1CC1. The van der Waals surface area contributed by atoms with Crippen molar-refractivity contribution in [3.8, 4) is 0 Å². The van der Waals surface area contributed by atoms with E-state index >= 15 is 0 Å². The predicted octanol–water partition coefficient (Wildman–Crippen LogP) is 1.29. The van der Waals surface area contributed by atoms with Crippen molar-refractivity contribution in [3.05, 3.63) is 0 Å². The highest BCUT2D eigenvalue weighted by Gasteiger charge is 2.27. The van der Waals surface area contributed by atoms with Crippen LogP contribution in [0.1, 0.15) is 38.5 Å². The third-order valence-electron chi connectivity index (χ3n) is 3.83. The Morgan fingerprint density at radius 3 is 2.38 bits per heavy atom. The van der Waals surface area contributed by atoms with Gasteiger partial charge in [0.15, 0.2) is 0 Å². The van der Waals surface area contributed by atoms with Gasteiger partial charge in [-0.25, -0.2) is 0 Å². The van der Waals surface area contributed by atoms with E-state index in [2.05, 4.69) is 9.80 Å². The highest BCUT2D eigenvalue weighted by Crippen LogP contribution is 2.26. The van der Waals surface area contributed by atoms with Crippen LogP contribution >= 0.6 is 0 Å². The van der Waals surface area contributed by atoms with Gasteiger partial charge in [-0.1, -0.05) is 0 Å². The van der Waals surface area contributed by atoms with Gasteiger partial charge in [-0.2, -0.15) is 0 Å². The van der Waals surface area contributed by atoms with Crippen molar-refractivity contribution in [3.63, 3.8) is 0 Å². The molecule has 3 heteroatoms. The summed E-state index contributed by atoms with van der Waals surface area (Å²) in [4.78, 5) is 5.29. The van der Waals surface area contributed by atoms with Crippen LogP contribution in [0.4, 0.5) is 0 Å². The lowest BCUT2D eigenvalue weighted by molar-refractivity contribution is 0.236. The molecule has 0 aromatic carbocycles. The van der Waals surface area contributed by atoms with E-state index in [0.717, 1.165) is 12.6 Å². The van der Waals surface area contributed by atoms with Crippen LogP contribution in [0.15, 0.2) is 0 Å². The molecule has 0 radical (unpaired) electrons. The first-order valence-corrected chi connectivity index (χ1v) is 7.06. The van der Waals surface area contributed by atoms with Crippen LogP contribution in [0.25, 0.3) is 0 Å². The highest BCUT2D eigenvalue weighted by atomic mass is 15.2. The Morgan fingerprint density at radius 2 is 1.75 bits per heavy atom. The zero-order valence-electron chi connectivity index (χ0n) is 10.5. The first-order valence-electron chi connectivity index (χ1n) is 7.06. The first kappa shape index (κ1) is 12.3. The Labute approximate surface area is 100.0 Å². The summed E-state index contributed by atoms with van der Waals surface area (Å²) < 4.78 is 0. The number of hydrogen-bond acceptors (Lipinski definition) is 3. The molecular weight excluding hydrogens is 198 g/mol. The fourth-order valence-corrected chi connectivity index (χ4v) is 2.71. The predicted molar refractivity (Wildman–Crippen MR) is 68.6 cm³/mol. The smallest absolute Gasteiger partial charge is 0.00964 e. The van der Waals surface area contributed by atoms with E-state index in [1.54, 1.807) is 0 Å². The second-order valence-electron chi connectivity index (χ2n) is 5.31. The van der Waals surface area contributed by atoms with Gasteiger partial charge in [0.05, 0.1) is 0 Å². The van der Waals surface area contributed by atoms with Crippen molar-refractivity contribution in [2.75, 3.05) is 39.3 Å². The largest absolute Gasteiger partial charge is 0.330 e. The summed E-state index contributed by atoms with van der Waals surface area (Å²) in [5, 5.41) is 0. The zero-order chi connectivity index (χ0) is 11.2. The van der Waals surface area contributed by atoms with Crippen LogP contribution in [0.3, 0.4) is 0 Å². The summed E-state index contributed by atoms with van der Waals surface area (Å²) in [6.45, 7) is 7.35. The summed E-state index contributed by atoms with van der Waals surface area (Å²) in [5.41, 5.74) is 5.59. The molecular formula is C13H27N3. The molecule has 2 N–H and O–H groups in total. The molecule has 0 spiro atoms. The molecule has 1 saturated heterocycles. The molecule has 2 aliphatic rings. The molecule has 1 aliphatic carbocycles. The average Bonchev–Trinajstić information content (AvgIpc) is 3.01. The van der Waals surface area contributed by atoms with E-state index < -0.39 is 0 Å². The highest BCUT2D eigenvalue weighted by molar-refractivity contribution is 4.84. The maximum Gasteiger partial charge on any atom is 0.00964 e. The van der Waals surface area contributed by atoms with Gasteiger partial charge in [-0.3, -0.25) is 0 Å². The van der Waals surface area contributed by atoms with Gasteiger partial charge in [0.25, 0.3) is 0 Å². The normalized spacial score (nSPS) is 22.1. The third-order valence-corrected chi connectivity index (χ3v) is 3.83. The third kappa shape index (κ3) is 4.04. The number of likely N-dealkylation sites (tertiary alicyclic amines) is 1. The van der Waals surface area contributed by atoms with Crippen molar-refractivity contribution in [1.29, 1.82) is 0 Å². The average molecular weight is 225 g/mol. The van der Waals surface area contributed by atoms with E-state index in [0.29, 0.717) is 0 Å².